The number of aryl methyl sites for hydroxylation is 1. The predicted octanol–water partition coefficient (Wildman–Crippen LogP) is 0.0989. The summed E-state index contributed by atoms with van der Waals surface area (Å²) in [5.41, 5.74) is 6.00. The molecule has 2 aliphatic rings. The van der Waals surface area contributed by atoms with Gasteiger partial charge in [0.05, 0.1) is 11.9 Å². The third-order valence-electron chi connectivity index (χ3n) is 4.36. The summed E-state index contributed by atoms with van der Waals surface area (Å²) < 4.78 is 1.46. The van der Waals surface area contributed by atoms with Gasteiger partial charge in [0.25, 0.3) is 5.91 Å². The van der Waals surface area contributed by atoms with Crippen molar-refractivity contribution < 1.29 is 9.59 Å². The number of nitrogens with two attached hydrogens (primary N) is 1. The van der Waals surface area contributed by atoms with Crippen LogP contribution >= 0.6 is 0 Å². The normalized spacial score (nSPS) is 22.9. The van der Waals surface area contributed by atoms with Gasteiger partial charge < -0.3 is 10.6 Å². The lowest BCUT2D eigenvalue weighted by Crippen LogP contribution is -2.61. The number of amides is 1. The molecule has 112 valence electrons. The van der Waals surface area contributed by atoms with Crippen LogP contribution in [0.2, 0.25) is 0 Å². The second-order valence-corrected chi connectivity index (χ2v) is 6.76. The molecule has 1 fully saturated rings. The van der Waals surface area contributed by atoms with E-state index in [2.05, 4.69) is 10.3 Å². The van der Waals surface area contributed by atoms with Crippen LogP contribution in [0.4, 0.5) is 0 Å². The average molecular weight is 289 g/mol. The molecule has 0 unspecified atom stereocenters. The van der Waals surface area contributed by atoms with Gasteiger partial charge >= 0.3 is 0 Å². The minimum Gasteiger partial charge on any atom is -0.396 e. The van der Waals surface area contributed by atoms with Crippen molar-refractivity contribution in [2.45, 2.75) is 20.3 Å². The van der Waals surface area contributed by atoms with Gasteiger partial charge in [0.2, 0.25) is 0 Å². The van der Waals surface area contributed by atoms with E-state index in [1.165, 1.54) is 10.9 Å². The van der Waals surface area contributed by atoms with Gasteiger partial charge in [-0.3, -0.25) is 9.59 Å². The summed E-state index contributed by atoms with van der Waals surface area (Å²) in [5, 5.41) is 7.49. The van der Waals surface area contributed by atoms with Crippen molar-refractivity contribution in [1.82, 2.24) is 19.9 Å². The topological polar surface area (TPSA) is 94.1 Å². The summed E-state index contributed by atoms with van der Waals surface area (Å²) in [6.45, 7) is 4.97. The number of carbonyl (C=O) groups excluding carboxylic acids is 2. The first-order chi connectivity index (χ1) is 9.74. The van der Waals surface area contributed by atoms with Crippen molar-refractivity contribution in [2.75, 3.05) is 13.1 Å². The Balaban J connectivity index is 1.78. The number of ketones is 1. The maximum atomic E-state index is 12.3. The number of likely N-dealkylation sites (tertiary alicyclic amines) is 1. The molecule has 7 heteroatoms. The molecule has 1 amide bonds. The van der Waals surface area contributed by atoms with E-state index in [0.29, 0.717) is 30.9 Å². The molecule has 2 heterocycles. The molecular weight excluding hydrogens is 270 g/mol. The van der Waals surface area contributed by atoms with E-state index >= 15 is 0 Å². The lowest BCUT2D eigenvalue weighted by atomic mass is 9.62. The fourth-order valence-electron chi connectivity index (χ4n) is 3.50. The first-order valence-electron chi connectivity index (χ1n) is 6.91. The Morgan fingerprint density at radius 1 is 1.38 bits per heavy atom. The zero-order chi connectivity index (χ0) is 15.4. The van der Waals surface area contributed by atoms with Crippen LogP contribution in [0.1, 0.15) is 30.8 Å². The zero-order valence-electron chi connectivity index (χ0n) is 12.5. The molecule has 1 aliphatic carbocycles. The summed E-state index contributed by atoms with van der Waals surface area (Å²) in [4.78, 5) is 26.1. The standard InChI is InChI=1S/C14H19N5O2/c1-13(2)6-14(4-9(15)11(13)20)7-19(8-14)12(21)10-5-16-17-18(10)3/h4-5H,6-8,15H2,1-3H3. The minimum atomic E-state index is -0.470. The number of aromatic nitrogens is 3. The zero-order valence-corrected chi connectivity index (χ0v) is 12.5. The number of carbonyl (C=O) groups is 2. The SMILES string of the molecule is Cn1nncc1C(=O)N1CC2(C=C(N)C(=O)C(C)(C)C2)C1. The highest BCUT2D eigenvalue weighted by Gasteiger charge is 2.52. The molecule has 0 saturated carbocycles. The van der Waals surface area contributed by atoms with E-state index in [1.807, 2.05) is 19.9 Å². The van der Waals surface area contributed by atoms with Crippen LogP contribution in [0.5, 0.6) is 0 Å². The van der Waals surface area contributed by atoms with Gasteiger partial charge in [-0.25, -0.2) is 4.68 Å². The van der Waals surface area contributed by atoms with Crippen molar-refractivity contribution in [2.24, 2.45) is 23.6 Å². The van der Waals surface area contributed by atoms with Crippen LogP contribution < -0.4 is 5.73 Å². The number of rotatable bonds is 1. The highest BCUT2D eigenvalue weighted by atomic mass is 16.2. The summed E-state index contributed by atoms with van der Waals surface area (Å²) in [5.74, 6) is -0.0939. The number of Topliss-reactive ketones (excluding diaryl/α,β-unsaturated/α-hetero) is 1. The van der Waals surface area contributed by atoms with E-state index in [-0.39, 0.29) is 17.1 Å². The Kier molecular flexibility index (Phi) is 2.73. The number of hydrogen-bond acceptors (Lipinski definition) is 5. The Labute approximate surface area is 122 Å². The van der Waals surface area contributed by atoms with Gasteiger partial charge in [-0.05, 0) is 12.5 Å². The molecular formula is C14H19N5O2. The monoisotopic (exact) mass is 289 g/mol. The number of allylic oxidation sites excluding steroid dienone is 1. The molecule has 0 radical (unpaired) electrons. The van der Waals surface area contributed by atoms with Gasteiger partial charge in [0.15, 0.2) is 5.78 Å². The molecule has 1 saturated heterocycles. The largest absolute Gasteiger partial charge is 0.396 e. The highest BCUT2D eigenvalue weighted by molar-refractivity contribution is 6.00. The minimum absolute atomic E-state index is 0.00580. The summed E-state index contributed by atoms with van der Waals surface area (Å²) in [6.07, 6.45) is 4.02. The molecule has 0 bridgehead atoms. The van der Waals surface area contributed by atoms with Gasteiger partial charge in [-0.1, -0.05) is 19.1 Å². The second kappa shape index (κ2) is 4.16. The molecule has 2 N–H and O–H groups in total. The van der Waals surface area contributed by atoms with Gasteiger partial charge in [-0.15, -0.1) is 5.10 Å². The van der Waals surface area contributed by atoms with E-state index in [9.17, 15) is 9.59 Å². The average Bonchev–Trinajstić information content (AvgIpc) is 2.77. The van der Waals surface area contributed by atoms with Gasteiger partial charge in [-0.2, -0.15) is 0 Å². The fraction of sp³-hybridized carbons (Fsp3) is 0.571. The van der Waals surface area contributed by atoms with Crippen LogP contribution in [0.15, 0.2) is 18.0 Å². The third kappa shape index (κ3) is 2.03. The van der Waals surface area contributed by atoms with E-state index in [1.54, 1.807) is 11.9 Å². The molecule has 1 aromatic heterocycles. The van der Waals surface area contributed by atoms with Gasteiger partial charge in [0, 0.05) is 31.0 Å². The Morgan fingerprint density at radius 2 is 2.05 bits per heavy atom. The molecule has 0 atom stereocenters. The Hall–Kier alpha value is -2.18. The quantitative estimate of drug-likeness (QED) is 0.791. The lowest BCUT2D eigenvalue weighted by Gasteiger charge is -2.53. The number of nitrogens with zero attached hydrogens (tertiary/aromatic N) is 4. The molecule has 7 nitrogen and oxygen atoms in total. The van der Waals surface area contributed by atoms with Crippen molar-refractivity contribution in [3.05, 3.63) is 23.7 Å². The van der Waals surface area contributed by atoms with Crippen LogP contribution in [0.3, 0.4) is 0 Å². The van der Waals surface area contributed by atoms with Gasteiger partial charge in [0.1, 0.15) is 5.69 Å². The molecule has 0 aromatic carbocycles. The molecule has 1 spiro atoms. The Morgan fingerprint density at radius 3 is 2.57 bits per heavy atom. The summed E-state index contributed by atoms with van der Waals surface area (Å²) in [6, 6.07) is 0. The van der Waals surface area contributed by atoms with Crippen molar-refractivity contribution >= 4 is 11.7 Å². The van der Waals surface area contributed by atoms with Crippen LogP contribution in [-0.4, -0.2) is 44.7 Å². The van der Waals surface area contributed by atoms with Crippen molar-refractivity contribution in [1.29, 1.82) is 0 Å². The molecule has 3 rings (SSSR count). The van der Waals surface area contributed by atoms with Crippen LogP contribution in [0, 0.1) is 10.8 Å². The first kappa shape index (κ1) is 13.8. The molecule has 21 heavy (non-hydrogen) atoms. The van der Waals surface area contributed by atoms with Crippen molar-refractivity contribution in [3.8, 4) is 0 Å². The summed E-state index contributed by atoms with van der Waals surface area (Å²) in [7, 11) is 1.69. The number of hydrogen-bond donors (Lipinski definition) is 1. The fourth-order valence-corrected chi connectivity index (χ4v) is 3.50. The maximum absolute atomic E-state index is 12.3. The predicted molar refractivity (Wildman–Crippen MR) is 75.0 cm³/mol. The van der Waals surface area contributed by atoms with E-state index in [4.69, 9.17) is 5.73 Å². The third-order valence-corrected chi connectivity index (χ3v) is 4.36. The second-order valence-electron chi connectivity index (χ2n) is 6.76. The van der Waals surface area contributed by atoms with Crippen molar-refractivity contribution in [3.63, 3.8) is 0 Å². The first-order valence-corrected chi connectivity index (χ1v) is 6.91. The Bertz CT molecular complexity index is 652. The smallest absolute Gasteiger partial charge is 0.273 e. The van der Waals surface area contributed by atoms with E-state index < -0.39 is 5.41 Å². The molecule has 1 aromatic rings. The molecule has 1 aliphatic heterocycles. The maximum Gasteiger partial charge on any atom is 0.273 e. The summed E-state index contributed by atoms with van der Waals surface area (Å²) >= 11 is 0. The van der Waals surface area contributed by atoms with Crippen LogP contribution in [-0.2, 0) is 11.8 Å². The lowest BCUT2D eigenvalue weighted by molar-refractivity contribution is -0.127. The highest BCUT2D eigenvalue weighted by Crippen LogP contribution is 2.47. The van der Waals surface area contributed by atoms with E-state index in [0.717, 1.165) is 0 Å². The van der Waals surface area contributed by atoms with Crippen LogP contribution in [0.25, 0.3) is 0 Å².